The van der Waals surface area contributed by atoms with Gasteiger partial charge in [-0.05, 0) is 19.6 Å². The van der Waals surface area contributed by atoms with Crippen molar-refractivity contribution in [1.29, 1.82) is 0 Å². The molecule has 0 radical (unpaired) electrons. The molecule has 0 rings (SSSR count). The van der Waals surface area contributed by atoms with Crippen LogP contribution >= 0.6 is 11.8 Å². The number of hydrogen-bond acceptors (Lipinski definition) is 5. The Hall–Kier alpha value is 0.190. The molecule has 0 heterocycles. The zero-order chi connectivity index (χ0) is 11.5. The Balaban J connectivity index is 3.43. The molecule has 0 saturated carbocycles. The minimum absolute atomic E-state index is 0.140. The van der Waals surface area contributed by atoms with Crippen LogP contribution in [0.15, 0.2) is 0 Å². The molecule has 0 aromatic carbocycles. The van der Waals surface area contributed by atoms with Crippen LogP contribution < -0.4 is 0 Å². The van der Waals surface area contributed by atoms with Crippen LogP contribution in [0.5, 0.6) is 0 Å². The second kappa shape index (κ2) is 10.7. The highest BCUT2D eigenvalue weighted by molar-refractivity contribution is 7.99. The van der Waals surface area contributed by atoms with E-state index < -0.39 is 6.10 Å². The summed E-state index contributed by atoms with van der Waals surface area (Å²) >= 11 is 1.60. The summed E-state index contributed by atoms with van der Waals surface area (Å²) < 4.78 is 10.7. The fraction of sp³-hybridized carbons (Fsp3) is 1.00. The van der Waals surface area contributed by atoms with E-state index in [-0.39, 0.29) is 12.9 Å². The Labute approximate surface area is 96.0 Å². The first-order valence-electron chi connectivity index (χ1n) is 5.34. The third-order valence-corrected chi connectivity index (χ3v) is 2.87. The topological polar surface area (TPSA) is 58.9 Å². The highest BCUT2D eigenvalue weighted by Gasteiger charge is 2.08. The van der Waals surface area contributed by atoms with Gasteiger partial charge in [-0.2, -0.15) is 11.8 Å². The fourth-order valence-electron chi connectivity index (χ4n) is 1.04. The standard InChI is InChI=1S/C10H22O4S/c1-3-13-10(14-4-2)5-6-15-8-9(12)7-11/h9-12H,3-8H2,1-2H3. The van der Waals surface area contributed by atoms with E-state index in [1.165, 1.54) is 0 Å². The molecule has 0 aliphatic carbocycles. The van der Waals surface area contributed by atoms with E-state index in [0.717, 1.165) is 12.2 Å². The van der Waals surface area contributed by atoms with Crippen molar-refractivity contribution in [2.24, 2.45) is 0 Å². The van der Waals surface area contributed by atoms with Gasteiger partial charge >= 0.3 is 0 Å². The van der Waals surface area contributed by atoms with Crippen molar-refractivity contribution in [2.75, 3.05) is 31.3 Å². The Morgan fingerprint density at radius 1 is 1.20 bits per heavy atom. The van der Waals surface area contributed by atoms with Crippen LogP contribution in [-0.4, -0.2) is 53.9 Å². The molecule has 5 heteroatoms. The van der Waals surface area contributed by atoms with Crippen LogP contribution in [-0.2, 0) is 9.47 Å². The normalized spacial score (nSPS) is 13.4. The molecule has 0 fully saturated rings. The molecule has 0 aliphatic heterocycles. The first kappa shape index (κ1) is 15.2. The number of aliphatic hydroxyl groups is 2. The van der Waals surface area contributed by atoms with Crippen LogP contribution in [0, 0.1) is 0 Å². The predicted octanol–water partition coefficient (Wildman–Crippen LogP) is 0.862. The Morgan fingerprint density at radius 2 is 1.80 bits per heavy atom. The lowest BCUT2D eigenvalue weighted by atomic mass is 10.4. The molecule has 0 aliphatic rings. The summed E-state index contributed by atoms with van der Waals surface area (Å²) in [4.78, 5) is 0. The lowest BCUT2D eigenvalue weighted by Crippen LogP contribution is -2.19. The van der Waals surface area contributed by atoms with Crippen molar-refractivity contribution >= 4 is 11.8 Å². The van der Waals surface area contributed by atoms with Gasteiger partial charge in [0.1, 0.15) is 0 Å². The average molecular weight is 238 g/mol. The molecule has 15 heavy (non-hydrogen) atoms. The van der Waals surface area contributed by atoms with Crippen LogP contribution in [0.3, 0.4) is 0 Å². The largest absolute Gasteiger partial charge is 0.394 e. The lowest BCUT2D eigenvalue weighted by molar-refractivity contribution is -0.136. The van der Waals surface area contributed by atoms with E-state index in [9.17, 15) is 0 Å². The molecule has 0 amide bonds. The lowest BCUT2D eigenvalue weighted by Gasteiger charge is -2.16. The van der Waals surface area contributed by atoms with Crippen LogP contribution in [0.4, 0.5) is 0 Å². The quantitative estimate of drug-likeness (QED) is 0.437. The number of hydrogen-bond donors (Lipinski definition) is 2. The minimum atomic E-state index is -0.618. The molecular formula is C10H22O4S. The number of ether oxygens (including phenoxy) is 2. The van der Waals surface area contributed by atoms with Crippen molar-refractivity contribution in [3.8, 4) is 0 Å². The van der Waals surface area contributed by atoms with Crippen molar-refractivity contribution < 1.29 is 19.7 Å². The molecular weight excluding hydrogens is 216 g/mol. The third-order valence-electron chi connectivity index (χ3n) is 1.72. The maximum Gasteiger partial charge on any atom is 0.158 e. The van der Waals surface area contributed by atoms with Crippen LogP contribution in [0.25, 0.3) is 0 Å². The summed E-state index contributed by atoms with van der Waals surface area (Å²) in [5.41, 5.74) is 0. The van der Waals surface area contributed by atoms with E-state index in [2.05, 4.69) is 0 Å². The van der Waals surface area contributed by atoms with Crippen LogP contribution in [0.2, 0.25) is 0 Å². The molecule has 0 aromatic heterocycles. The third kappa shape index (κ3) is 9.14. The minimum Gasteiger partial charge on any atom is -0.394 e. The van der Waals surface area contributed by atoms with Gasteiger partial charge in [-0.3, -0.25) is 0 Å². The summed E-state index contributed by atoms with van der Waals surface area (Å²) in [6, 6.07) is 0. The van der Waals surface area contributed by atoms with E-state index in [1.807, 2.05) is 13.8 Å². The van der Waals surface area contributed by atoms with Gasteiger partial charge in [-0.1, -0.05) is 0 Å². The second-order valence-corrected chi connectivity index (χ2v) is 4.19. The molecule has 92 valence electrons. The average Bonchev–Trinajstić information content (AvgIpc) is 2.24. The maximum atomic E-state index is 9.10. The van der Waals surface area contributed by atoms with E-state index in [0.29, 0.717) is 19.0 Å². The number of thioether (sulfide) groups is 1. The molecule has 1 atom stereocenters. The van der Waals surface area contributed by atoms with Crippen LogP contribution in [0.1, 0.15) is 20.3 Å². The zero-order valence-electron chi connectivity index (χ0n) is 9.52. The predicted molar refractivity (Wildman–Crippen MR) is 62.1 cm³/mol. The van der Waals surface area contributed by atoms with E-state index >= 15 is 0 Å². The smallest absolute Gasteiger partial charge is 0.158 e. The van der Waals surface area contributed by atoms with Gasteiger partial charge in [0, 0.05) is 25.4 Å². The van der Waals surface area contributed by atoms with E-state index in [1.54, 1.807) is 11.8 Å². The second-order valence-electron chi connectivity index (χ2n) is 3.04. The SMILES string of the molecule is CCOC(CCSCC(O)CO)OCC. The highest BCUT2D eigenvalue weighted by Crippen LogP contribution is 2.09. The van der Waals surface area contributed by atoms with Crippen molar-refractivity contribution in [2.45, 2.75) is 32.7 Å². The van der Waals surface area contributed by atoms with E-state index in [4.69, 9.17) is 19.7 Å². The van der Waals surface area contributed by atoms with Gasteiger partial charge in [0.2, 0.25) is 0 Å². The molecule has 2 N–H and O–H groups in total. The van der Waals surface area contributed by atoms with Gasteiger partial charge in [0.05, 0.1) is 12.7 Å². The molecule has 0 saturated heterocycles. The summed E-state index contributed by atoms with van der Waals surface area (Å²) in [5.74, 6) is 1.42. The van der Waals surface area contributed by atoms with Gasteiger partial charge in [0.15, 0.2) is 6.29 Å². The Kier molecular flexibility index (Phi) is 10.8. The molecule has 4 nitrogen and oxygen atoms in total. The zero-order valence-corrected chi connectivity index (χ0v) is 10.3. The summed E-state index contributed by atoms with van der Waals surface area (Å²) in [5, 5.41) is 17.7. The monoisotopic (exact) mass is 238 g/mol. The maximum absolute atomic E-state index is 9.10. The Morgan fingerprint density at radius 3 is 2.27 bits per heavy atom. The Bertz CT molecular complexity index is 129. The molecule has 0 bridgehead atoms. The van der Waals surface area contributed by atoms with Crippen molar-refractivity contribution in [3.05, 3.63) is 0 Å². The fourth-order valence-corrected chi connectivity index (χ4v) is 1.94. The highest BCUT2D eigenvalue weighted by atomic mass is 32.2. The summed E-state index contributed by atoms with van der Waals surface area (Å²) in [7, 11) is 0. The van der Waals surface area contributed by atoms with Gasteiger partial charge in [-0.25, -0.2) is 0 Å². The molecule has 0 aromatic rings. The van der Waals surface area contributed by atoms with Gasteiger partial charge in [-0.15, -0.1) is 0 Å². The van der Waals surface area contributed by atoms with Gasteiger partial charge < -0.3 is 19.7 Å². The first-order chi connectivity index (χ1) is 7.24. The number of aliphatic hydroxyl groups excluding tert-OH is 2. The number of rotatable bonds is 10. The summed E-state index contributed by atoms with van der Waals surface area (Å²) in [6.45, 7) is 5.00. The van der Waals surface area contributed by atoms with Crippen molar-refractivity contribution in [1.82, 2.24) is 0 Å². The molecule has 1 unspecified atom stereocenters. The first-order valence-corrected chi connectivity index (χ1v) is 6.49. The summed E-state index contributed by atoms with van der Waals surface area (Å²) in [6.07, 6.45) is 0.0521. The van der Waals surface area contributed by atoms with Gasteiger partial charge in [0.25, 0.3) is 0 Å². The van der Waals surface area contributed by atoms with Crippen molar-refractivity contribution in [3.63, 3.8) is 0 Å². The molecule has 0 spiro atoms.